The van der Waals surface area contributed by atoms with Crippen LogP contribution in [0.25, 0.3) is 0 Å². The van der Waals surface area contributed by atoms with Gasteiger partial charge in [0.2, 0.25) is 0 Å². The molecule has 2 saturated heterocycles. The van der Waals surface area contributed by atoms with Crippen molar-refractivity contribution in [1.29, 1.82) is 0 Å². The summed E-state index contributed by atoms with van der Waals surface area (Å²) in [5.41, 5.74) is -1.51. The molecule has 2 aliphatic heterocycles. The van der Waals surface area contributed by atoms with Crippen molar-refractivity contribution in [2.75, 3.05) is 59.9 Å². The van der Waals surface area contributed by atoms with Crippen LogP contribution in [0.3, 0.4) is 0 Å². The van der Waals surface area contributed by atoms with Crippen LogP contribution in [0.1, 0.15) is 86.5 Å². The molecule has 0 aromatic heterocycles. The summed E-state index contributed by atoms with van der Waals surface area (Å²) in [6.07, 6.45) is 3.41. The number of carbonyl (C=O) groups is 6. The van der Waals surface area contributed by atoms with Gasteiger partial charge < -0.3 is 38.2 Å². The molecule has 2 aliphatic carbocycles. The Morgan fingerprint density at radius 2 is 1.08 bits per heavy atom. The Bertz CT molecular complexity index is 1200. The first-order valence-electron chi connectivity index (χ1n) is 16.4. The average Bonchev–Trinajstić information content (AvgIpc) is 2.92. The number of halogens is 1. The summed E-state index contributed by atoms with van der Waals surface area (Å²) >= 11 is 3.09. The van der Waals surface area contributed by atoms with E-state index in [0.717, 1.165) is 12.8 Å². The van der Waals surface area contributed by atoms with Gasteiger partial charge in [-0.25, -0.2) is 9.59 Å². The van der Waals surface area contributed by atoms with Gasteiger partial charge in [-0.1, -0.05) is 15.9 Å². The highest BCUT2D eigenvalue weighted by atomic mass is 79.9. The molecule has 15 heteroatoms. The highest BCUT2D eigenvalue weighted by molar-refractivity contribution is 9.09. The van der Waals surface area contributed by atoms with Crippen molar-refractivity contribution < 1.29 is 57.2 Å². The second-order valence-electron chi connectivity index (χ2n) is 15.5. The number of hydrogen-bond donors (Lipinski definition) is 0. The number of alkyl halides is 1. The van der Waals surface area contributed by atoms with Crippen LogP contribution in [-0.4, -0.2) is 117 Å². The van der Waals surface area contributed by atoms with Gasteiger partial charge in [0.1, 0.15) is 11.2 Å². The zero-order valence-electron chi connectivity index (χ0n) is 30.7. The molecule has 0 unspecified atom stereocenters. The molecule has 2 heterocycles. The molecule has 0 radical (unpaired) electrons. The highest BCUT2D eigenvalue weighted by Gasteiger charge is 2.64. The number of ether oxygens (including phenoxy) is 6. The van der Waals surface area contributed by atoms with E-state index in [-0.39, 0.29) is 59.2 Å². The Morgan fingerprint density at radius 1 is 0.653 bits per heavy atom. The molecule has 0 N–H and O–H groups in total. The van der Waals surface area contributed by atoms with Crippen molar-refractivity contribution in [3.8, 4) is 0 Å². The molecule has 0 aromatic carbocycles. The van der Waals surface area contributed by atoms with Crippen LogP contribution in [0.2, 0.25) is 0 Å². The number of nitrogens with zero attached hydrogens (tertiary/aromatic N) is 2. The van der Waals surface area contributed by atoms with E-state index in [1.807, 2.05) is 41.5 Å². The van der Waals surface area contributed by atoms with E-state index in [1.165, 1.54) is 28.4 Å². The Labute approximate surface area is 298 Å². The Kier molecular flexibility index (Phi) is 14.4. The van der Waals surface area contributed by atoms with Crippen molar-refractivity contribution in [1.82, 2.24) is 9.80 Å². The number of rotatable bonds is 7. The lowest BCUT2D eigenvalue weighted by molar-refractivity contribution is -0.188. The van der Waals surface area contributed by atoms with E-state index in [1.54, 1.807) is 9.80 Å². The molecule has 14 nitrogen and oxygen atoms in total. The van der Waals surface area contributed by atoms with Gasteiger partial charge in [-0.2, -0.15) is 0 Å². The van der Waals surface area contributed by atoms with E-state index in [2.05, 4.69) is 25.4 Å². The molecule has 280 valence electrons. The summed E-state index contributed by atoms with van der Waals surface area (Å²) < 4.78 is 29.3. The minimum atomic E-state index is -0.636. The van der Waals surface area contributed by atoms with Crippen LogP contribution in [0.15, 0.2) is 0 Å². The lowest BCUT2D eigenvalue weighted by atomic mass is 9.48. The van der Waals surface area contributed by atoms with Crippen LogP contribution >= 0.6 is 15.9 Å². The minimum absolute atomic E-state index is 0.0239. The van der Waals surface area contributed by atoms with Gasteiger partial charge in [-0.05, 0) is 73.6 Å². The number of methoxy groups -OCH3 is 4. The second kappa shape index (κ2) is 16.7. The van der Waals surface area contributed by atoms with Crippen molar-refractivity contribution >= 4 is 52.0 Å². The molecule has 0 atom stereocenters. The maximum absolute atomic E-state index is 12.2. The van der Waals surface area contributed by atoms with Crippen LogP contribution < -0.4 is 0 Å². The number of amides is 2. The van der Waals surface area contributed by atoms with E-state index in [9.17, 15) is 28.8 Å². The van der Waals surface area contributed by atoms with E-state index in [4.69, 9.17) is 18.9 Å². The first-order chi connectivity index (χ1) is 22.6. The lowest BCUT2D eigenvalue weighted by Gasteiger charge is -2.62. The fraction of sp³-hybridized carbons (Fsp3) is 0.824. The molecule has 4 aliphatic rings. The SMILES string of the molecule is COC(=O)C1CC2(C1)CN(C(=O)OC(C)(C)C)C2.COC(=O)CCBr.COC(=O)CCC1(C(=O)OC)CC2(CN(C(=O)OC(C)(C)C)C2)C1. The van der Waals surface area contributed by atoms with Crippen molar-refractivity contribution in [2.24, 2.45) is 22.2 Å². The Morgan fingerprint density at radius 3 is 1.43 bits per heavy atom. The summed E-state index contributed by atoms with van der Waals surface area (Å²) in [6.45, 7) is 13.6. The quantitative estimate of drug-likeness (QED) is 0.197. The van der Waals surface area contributed by atoms with E-state index >= 15 is 0 Å². The van der Waals surface area contributed by atoms with Crippen molar-refractivity contribution in [3.63, 3.8) is 0 Å². The molecular formula is C34H55BrN2O12. The molecular weight excluding hydrogens is 708 g/mol. The van der Waals surface area contributed by atoms with E-state index < -0.39 is 16.6 Å². The minimum Gasteiger partial charge on any atom is -0.469 e. The molecule has 0 aromatic rings. The van der Waals surface area contributed by atoms with Gasteiger partial charge in [0.15, 0.2) is 0 Å². The number of carbonyl (C=O) groups excluding carboxylic acids is 6. The van der Waals surface area contributed by atoms with Gasteiger partial charge in [0.25, 0.3) is 0 Å². The standard InChI is InChI=1S/C17H27NO6.C13H21NO4.C4H7BrO2/c1-15(2,3)24-14(21)18-10-16(11-18)8-17(9-16,13(20)23-5)7-6-12(19)22-4;1-12(2,3)18-11(16)14-7-13(8-14)5-9(6-13)10(15)17-4;1-7-4(6)2-3-5/h6-11H2,1-5H3;9H,5-8H2,1-4H3;2-3H2,1H3. The zero-order valence-corrected chi connectivity index (χ0v) is 32.3. The predicted molar refractivity (Wildman–Crippen MR) is 181 cm³/mol. The molecule has 2 saturated carbocycles. The number of hydrogen-bond acceptors (Lipinski definition) is 12. The molecule has 4 rings (SSSR count). The monoisotopic (exact) mass is 762 g/mol. The number of esters is 4. The summed E-state index contributed by atoms with van der Waals surface area (Å²) in [7, 11) is 5.49. The fourth-order valence-electron chi connectivity index (χ4n) is 6.88. The highest BCUT2D eigenvalue weighted by Crippen LogP contribution is 2.61. The first kappa shape index (κ1) is 42.1. The third-order valence-electron chi connectivity index (χ3n) is 8.91. The van der Waals surface area contributed by atoms with Gasteiger partial charge in [0.05, 0.1) is 46.2 Å². The van der Waals surface area contributed by atoms with Crippen LogP contribution in [0.5, 0.6) is 0 Å². The number of likely N-dealkylation sites (tertiary alicyclic amines) is 2. The van der Waals surface area contributed by atoms with Crippen LogP contribution in [-0.2, 0) is 47.6 Å². The largest absolute Gasteiger partial charge is 0.469 e. The predicted octanol–water partition coefficient (Wildman–Crippen LogP) is 4.88. The molecule has 2 amide bonds. The van der Waals surface area contributed by atoms with Gasteiger partial charge >= 0.3 is 36.1 Å². The van der Waals surface area contributed by atoms with Crippen molar-refractivity contribution in [2.45, 2.75) is 97.7 Å². The van der Waals surface area contributed by atoms with E-state index in [0.29, 0.717) is 57.2 Å². The lowest BCUT2D eigenvalue weighted by Crippen LogP contribution is -2.68. The average molecular weight is 764 g/mol. The topological polar surface area (TPSA) is 164 Å². The fourth-order valence-corrected chi connectivity index (χ4v) is 7.21. The zero-order chi connectivity index (χ0) is 37.4. The maximum atomic E-state index is 12.2. The van der Waals surface area contributed by atoms with Crippen LogP contribution in [0, 0.1) is 22.2 Å². The van der Waals surface area contributed by atoms with Crippen LogP contribution in [0.4, 0.5) is 9.59 Å². The van der Waals surface area contributed by atoms with Gasteiger partial charge in [-0.3, -0.25) is 19.2 Å². The van der Waals surface area contributed by atoms with Gasteiger partial charge in [0, 0.05) is 48.8 Å². The normalized spacial score (nSPS) is 21.4. The smallest absolute Gasteiger partial charge is 0.410 e. The first-order valence-corrected chi connectivity index (χ1v) is 17.5. The summed E-state index contributed by atoms with van der Waals surface area (Å²) in [5, 5.41) is 0.680. The third-order valence-corrected chi connectivity index (χ3v) is 9.31. The second-order valence-corrected chi connectivity index (χ2v) is 16.3. The molecule has 49 heavy (non-hydrogen) atoms. The third kappa shape index (κ3) is 11.7. The Balaban J connectivity index is 0.000000293. The summed E-state index contributed by atoms with van der Waals surface area (Å²) in [4.78, 5) is 72.2. The summed E-state index contributed by atoms with van der Waals surface area (Å²) in [6, 6.07) is 0. The Hall–Kier alpha value is -3.10. The van der Waals surface area contributed by atoms with Gasteiger partial charge in [-0.15, -0.1) is 0 Å². The molecule has 4 fully saturated rings. The molecule has 0 bridgehead atoms. The summed E-state index contributed by atoms with van der Waals surface area (Å²) in [5.74, 6) is -0.889. The maximum Gasteiger partial charge on any atom is 0.410 e. The van der Waals surface area contributed by atoms with Crippen molar-refractivity contribution in [3.05, 3.63) is 0 Å². The molecule has 2 spiro atoms.